The quantitative estimate of drug-likeness (QED) is 0.344. The molecule has 3 aromatic rings. The average Bonchev–Trinajstić information content (AvgIpc) is 3.01. The van der Waals surface area contributed by atoms with Crippen molar-refractivity contribution in [1.29, 1.82) is 0 Å². The molecule has 1 amide bonds. The number of halogens is 1. The van der Waals surface area contributed by atoms with E-state index in [9.17, 15) is 19.5 Å². The van der Waals surface area contributed by atoms with Gasteiger partial charge in [-0.3, -0.25) is 14.2 Å². The van der Waals surface area contributed by atoms with E-state index in [1.165, 1.54) is 42.2 Å². The highest BCUT2D eigenvalue weighted by Gasteiger charge is 2.13. The molecule has 0 saturated carbocycles. The number of methoxy groups -OCH3 is 1. The number of hydrogen-bond acceptors (Lipinski definition) is 7. The van der Waals surface area contributed by atoms with Crippen molar-refractivity contribution >= 4 is 41.0 Å². The van der Waals surface area contributed by atoms with E-state index in [2.05, 4.69) is 10.5 Å². The van der Waals surface area contributed by atoms with Gasteiger partial charge in [0.25, 0.3) is 5.91 Å². The van der Waals surface area contributed by atoms with E-state index < -0.39 is 11.9 Å². The van der Waals surface area contributed by atoms with Crippen LogP contribution in [-0.4, -0.2) is 34.9 Å². The highest BCUT2D eigenvalue weighted by molar-refractivity contribution is 7.11. The number of aromatic hydroxyl groups is 1. The smallest absolute Gasteiger partial charge is 0.337 e. The Labute approximate surface area is 180 Å². The van der Waals surface area contributed by atoms with Crippen molar-refractivity contribution in [2.24, 2.45) is 5.10 Å². The van der Waals surface area contributed by atoms with Gasteiger partial charge in [-0.1, -0.05) is 35.1 Å². The van der Waals surface area contributed by atoms with Crippen LogP contribution >= 0.6 is 22.9 Å². The molecule has 0 radical (unpaired) electrons. The molecule has 0 spiro atoms. The standard InChI is InChI=1S/C20H16ClN3O5S/c1-29-19(27)14-4-2-3-12(9-14)11-24-17(21)16(30-20(24)28)10-22-23-18(26)13-5-7-15(25)8-6-13/h2-10,25H,11H2,1H3,(H,23,26)/b22-10+. The summed E-state index contributed by atoms with van der Waals surface area (Å²) in [6, 6.07) is 12.4. The van der Waals surface area contributed by atoms with Gasteiger partial charge in [0, 0.05) is 5.56 Å². The largest absolute Gasteiger partial charge is 0.508 e. The van der Waals surface area contributed by atoms with Gasteiger partial charge in [-0.15, -0.1) is 0 Å². The number of thiazole rings is 1. The molecule has 1 aromatic heterocycles. The van der Waals surface area contributed by atoms with Crippen LogP contribution in [0.25, 0.3) is 0 Å². The summed E-state index contributed by atoms with van der Waals surface area (Å²) in [5.41, 5.74) is 3.71. The summed E-state index contributed by atoms with van der Waals surface area (Å²) in [5.74, 6) is -0.906. The first-order chi connectivity index (χ1) is 14.4. The van der Waals surface area contributed by atoms with Gasteiger partial charge in [0.15, 0.2) is 0 Å². The Kier molecular flexibility index (Phi) is 6.65. The maximum Gasteiger partial charge on any atom is 0.337 e. The topological polar surface area (TPSA) is 110 Å². The molecular formula is C20H16ClN3O5S. The summed E-state index contributed by atoms with van der Waals surface area (Å²) in [6.45, 7) is 0.159. The summed E-state index contributed by atoms with van der Waals surface area (Å²) in [6.07, 6.45) is 1.29. The van der Waals surface area contributed by atoms with Crippen LogP contribution in [0, 0.1) is 0 Å². The summed E-state index contributed by atoms with van der Waals surface area (Å²) in [7, 11) is 1.29. The molecular weight excluding hydrogens is 430 g/mol. The fourth-order valence-corrected chi connectivity index (χ4v) is 3.65. The number of rotatable bonds is 6. The number of phenols is 1. The van der Waals surface area contributed by atoms with E-state index in [4.69, 9.17) is 16.3 Å². The molecule has 0 saturated heterocycles. The molecule has 0 fully saturated rings. The molecule has 154 valence electrons. The fourth-order valence-electron chi connectivity index (χ4n) is 2.54. The monoisotopic (exact) mass is 445 g/mol. The molecule has 0 aliphatic rings. The van der Waals surface area contributed by atoms with Gasteiger partial charge in [0.05, 0.1) is 30.3 Å². The highest BCUT2D eigenvalue weighted by Crippen LogP contribution is 2.19. The molecule has 2 N–H and O–H groups in total. The number of carbonyl (C=O) groups is 2. The predicted molar refractivity (Wildman–Crippen MR) is 114 cm³/mol. The lowest BCUT2D eigenvalue weighted by Crippen LogP contribution is -2.17. The SMILES string of the molecule is COC(=O)c1cccc(Cn2c(Cl)c(/C=N/NC(=O)c3ccc(O)cc3)sc2=O)c1. The highest BCUT2D eigenvalue weighted by atomic mass is 35.5. The third-order valence-electron chi connectivity index (χ3n) is 4.02. The van der Waals surface area contributed by atoms with Gasteiger partial charge < -0.3 is 9.84 Å². The lowest BCUT2D eigenvalue weighted by Gasteiger charge is -2.06. The van der Waals surface area contributed by atoms with E-state index in [1.54, 1.807) is 24.3 Å². The van der Waals surface area contributed by atoms with Crippen LogP contribution in [0.5, 0.6) is 5.75 Å². The van der Waals surface area contributed by atoms with E-state index in [-0.39, 0.29) is 22.3 Å². The van der Waals surface area contributed by atoms with E-state index >= 15 is 0 Å². The summed E-state index contributed by atoms with van der Waals surface area (Å²) < 4.78 is 6.04. The van der Waals surface area contributed by atoms with Crippen LogP contribution in [0.4, 0.5) is 0 Å². The summed E-state index contributed by atoms with van der Waals surface area (Å²) in [5, 5.41) is 13.3. The Hall–Kier alpha value is -3.43. The third-order valence-corrected chi connectivity index (χ3v) is 5.46. The number of nitrogens with one attached hydrogen (secondary N) is 1. The first-order valence-corrected chi connectivity index (χ1v) is 9.77. The molecule has 3 rings (SSSR count). The number of benzene rings is 2. The number of amides is 1. The van der Waals surface area contributed by atoms with Gasteiger partial charge in [0.2, 0.25) is 0 Å². The zero-order valence-corrected chi connectivity index (χ0v) is 17.2. The van der Waals surface area contributed by atoms with Gasteiger partial charge in [0.1, 0.15) is 10.9 Å². The lowest BCUT2D eigenvalue weighted by atomic mass is 10.1. The van der Waals surface area contributed by atoms with Crippen LogP contribution in [0.15, 0.2) is 58.4 Å². The van der Waals surface area contributed by atoms with Gasteiger partial charge in [-0.25, -0.2) is 10.2 Å². The van der Waals surface area contributed by atoms with Gasteiger partial charge in [-0.2, -0.15) is 5.10 Å². The number of carbonyl (C=O) groups excluding carboxylic acids is 2. The van der Waals surface area contributed by atoms with Gasteiger partial charge >= 0.3 is 10.8 Å². The molecule has 8 nitrogen and oxygen atoms in total. The first kappa shape index (κ1) is 21.3. The average molecular weight is 446 g/mol. The van der Waals surface area contributed by atoms with Crippen molar-refractivity contribution in [3.8, 4) is 5.75 Å². The number of ether oxygens (including phenoxy) is 1. The second-order valence-electron chi connectivity index (χ2n) is 6.05. The predicted octanol–water partition coefficient (Wildman–Crippen LogP) is 2.87. The van der Waals surface area contributed by atoms with Crippen molar-refractivity contribution in [3.05, 3.63) is 84.9 Å². The molecule has 0 atom stereocenters. The maximum absolute atomic E-state index is 12.3. The first-order valence-electron chi connectivity index (χ1n) is 8.58. The van der Waals surface area contributed by atoms with Crippen molar-refractivity contribution in [1.82, 2.24) is 9.99 Å². The van der Waals surface area contributed by atoms with Crippen molar-refractivity contribution < 1.29 is 19.4 Å². The summed E-state index contributed by atoms with van der Waals surface area (Å²) in [4.78, 5) is 36.1. The molecule has 0 aliphatic heterocycles. The van der Waals surface area contributed by atoms with E-state index in [0.717, 1.165) is 11.3 Å². The minimum absolute atomic E-state index is 0.0464. The van der Waals surface area contributed by atoms with Crippen molar-refractivity contribution in [3.63, 3.8) is 0 Å². The molecule has 2 aromatic carbocycles. The number of aromatic nitrogens is 1. The molecule has 1 heterocycles. The summed E-state index contributed by atoms with van der Waals surface area (Å²) >= 11 is 7.18. The Morgan fingerprint density at radius 3 is 2.67 bits per heavy atom. The zero-order chi connectivity index (χ0) is 21.7. The van der Waals surface area contributed by atoms with E-state index in [1.807, 2.05) is 0 Å². The Morgan fingerprint density at radius 2 is 1.97 bits per heavy atom. The van der Waals surface area contributed by atoms with Crippen LogP contribution in [0.1, 0.15) is 31.2 Å². The number of esters is 1. The molecule has 30 heavy (non-hydrogen) atoms. The fraction of sp³-hybridized carbons (Fsp3) is 0.100. The second kappa shape index (κ2) is 9.38. The zero-order valence-electron chi connectivity index (χ0n) is 15.7. The van der Waals surface area contributed by atoms with Gasteiger partial charge in [-0.05, 0) is 42.0 Å². The molecule has 10 heteroatoms. The Balaban J connectivity index is 1.73. The van der Waals surface area contributed by atoms with Crippen LogP contribution in [-0.2, 0) is 11.3 Å². The number of hydrogen-bond donors (Lipinski definition) is 2. The van der Waals surface area contributed by atoms with Crippen LogP contribution in [0.3, 0.4) is 0 Å². The normalized spacial score (nSPS) is 10.9. The third kappa shape index (κ3) is 4.94. The number of hydrazone groups is 1. The molecule has 0 aliphatic carbocycles. The minimum atomic E-state index is -0.478. The second-order valence-corrected chi connectivity index (χ2v) is 7.40. The van der Waals surface area contributed by atoms with Crippen molar-refractivity contribution in [2.75, 3.05) is 7.11 Å². The lowest BCUT2D eigenvalue weighted by molar-refractivity contribution is 0.0600. The van der Waals surface area contributed by atoms with Crippen LogP contribution < -0.4 is 10.3 Å². The van der Waals surface area contributed by atoms with Crippen LogP contribution in [0.2, 0.25) is 5.15 Å². The molecule has 0 unspecified atom stereocenters. The Morgan fingerprint density at radius 1 is 1.23 bits per heavy atom. The minimum Gasteiger partial charge on any atom is -0.508 e. The molecule has 0 bridgehead atoms. The number of nitrogens with zero attached hydrogens (tertiary/aromatic N) is 2. The van der Waals surface area contributed by atoms with Crippen molar-refractivity contribution in [2.45, 2.75) is 6.54 Å². The maximum atomic E-state index is 12.3. The van der Waals surface area contributed by atoms with E-state index in [0.29, 0.717) is 21.6 Å². The Bertz CT molecular complexity index is 1170. The number of phenolic OH excluding ortho intramolecular Hbond substituents is 1.